The van der Waals surface area contributed by atoms with Gasteiger partial charge in [0.15, 0.2) is 4.34 Å². The van der Waals surface area contributed by atoms with E-state index in [4.69, 9.17) is 0 Å². The average Bonchev–Trinajstić information content (AvgIpc) is 2.97. The summed E-state index contributed by atoms with van der Waals surface area (Å²) in [7, 11) is 0. The van der Waals surface area contributed by atoms with Crippen LogP contribution in [0.25, 0.3) is 10.2 Å². The smallest absolute Gasteiger partial charge is 0.224 e. The fourth-order valence-corrected chi connectivity index (χ4v) is 4.36. The highest BCUT2D eigenvalue weighted by Crippen LogP contribution is 2.29. The van der Waals surface area contributed by atoms with Crippen LogP contribution >= 0.6 is 23.1 Å². The molecule has 0 aliphatic carbocycles. The summed E-state index contributed by atoms with van der Waals surface area (Å²) >= 11 is 3.36. The third-order valence-electron chi connectivity index (χ3n) is 3.51. The number of fused-ring (bicyclic) bond motifs is 1. The quantitative estimate of drug-likeness (QED) is 0.482. The molecule has 0 aliphatic rings. The van der Waals surface area contributed by atoms with E-state index in [1.807, 2.05) is 18.2 Å². The van der Waals surface area contributed by atoms with Crippen LogP contribution in [0.15, 0.2) is 46.8 Å². The minimum Gasteiger partial charge on any atom is -0.326 e. The number of halogens is 1. The lowest BCUT2D eigenvalue weighted by Crippen LogP contribution is -2.12. The number of nitrogens with zero attached hydrogens (tertiary/aromatic N) is 1. The lowest BCUT2D eigenvalue weighted by molar-refractivity contribution is -0.116. The van der Waals surface area contributed by atoms with Gasteiger partial charge in [0, 0.05) is 17.9 Å². The van der Waals surface area contributed by atoms with Crippen LogP contribution in [0, 0.1) is 12.7 Å². The molecule has 1 N–H and O–H groups in total. The van der Waals surface area contributed by atoms with Gasteiger partial charge in [0.1, 0.15) is 5.82 Å². The van der Waals surface area contributed by atoms with Crippen molar-refractivity contribution in [3.05, 3.63) is 53.8 Å². The molecule has 1 amide bonds. The molecule has 3 aromatic rings. The van der Waals surface area contributed by atoms with Crippen LogP contribution in [-0.2, 0) is 4.79 Å². The van der Waals surface area contributed by atoms with E-state index in [1.54, 1.807) is 36.1 Å². The van der Waals surface area contributed by atoms with Crippen LogP contribution in [0.2, 0.25) is 0 Å². The number of benzene rings is 2. The summed E-state index contributed by atoms with van der Waals surface area (Å²) in [6.45, 7) is 1.78. The van der Waals surface area contributed by atoms with Crippen molar-refractivity contribution in [3.63, 3.8) is 0 Å². The number of carbonyl (C=O) groups excluding carboxylic acids is 1. The number of amides is 1. The number of aryl methyl sites for hydroxylation is 1. The van der Waals surface area contributed by atoms with Gasteiger partial charge < -0.3 is 5.32 Å². The first-order chi connectivity index (χ1) is 11.6. The number of carbonyl (C=O) groups is 1. The highest BCUT2D eigenvalue weighted by molar-refractivity contribution is 8.01. The van der Waals surface area contributed by atoms with Gasteiger partial charge >= 0.3 is 0 Å². The van der Waals surface area contributed by atoms with Crippen molar-refractivity contribution in [1.29, 1.82) is 0 Å². The lowest BCUT2D eigenvalue weighted by atomic mass is 10.2. The van der Waals surface area contributed by atoms with Gasteiger partial charge in [-0.25, -0.2) is 9.37 Å². The van der Waals surface area contributed by atoms with E-state index in [9.17, 15) is 9.18 Å². The SMILES string of the molecule is Cc1cc(F)ccc1NC(=O)CCCSc1nc2ccccc2s1. The van der Waals surface area contributed by atoms with E-state index in [0.717, 1.165) is 27.6 Å². The predicted molar refractivity (Wildman–Crippen MR) is 99.3 cm³/mol. The Balaban J connectivity index is 1.45. The van der Waals surface area contributed by atoms with Crippen molar-refractivity contribution in [3.8, 4) is 0 Å². The number of thioether (sulfide) groups is 1. The van der Waals surface area contributed by atoms with Gasteiger partial charge in [-0.05, 0) is 49.2 Å². The first-order valence-corrected chi connectivity index (χ1v) is 9.46. The minimum absolute atomic E-state index is 0.0467. The summed E-state index contributed by atoms with van der Waals surface area (Å²) < 4.78 is 15.3. The number of hydrogen-bond acceptors (Lipinski definition) is 4. The highest BCUT2D eigenvalue weighted by Gasteiger charge is 2.07. The molecule has 0 unspecified atom stereocenters. The lowest BCUT2D eigenvalue weighted by Gasteiger charge is -2.08. The van der Waals surface area contributed by atoms with Crippen molar-refractivity contribution >= 4 is 44.9 Å². The summed E-state index contributed by atoms with van der Waals surface area (Å²) in [6, 6.07) is 12.4. The van der Waals surface area contributed by atoms with Gasteiger partial charge in [-0.2, -0.15) is 0 Å². The molecule has 1 aromatic heterocycles. The number of thiazole rings is 1. The Bertz CT molecular complexity index is 830. The zero-order valence-corrected chi connectivity index (χ0v) is 14.8. The molecule has 3 nitrogen and oxygen atoms in total. The molecule has 124 valence electrons. The number of hydrogen-bond donors (Lipinski definition) is 1. The van der Waals surface area contributed by atoms with Crippen molar-refractivity contribution in [2.24, 2.45) is 0 Å². The predicted octanol–water partition coefficient (Wildman–Crippen LogP) is 5.25. The van der Waals surface area contributed by atoms with Gasteiger partial charge in [0.25, 0.3) is 0 Å². The van der Waals surface area contributed by atoms with Gasteiger partial charge in [-0.3, -0.25) is 4.79 Å². The summed E-state index contributed by atoms with van der Waals surface area (Å²) in [4.78, 5) is 16.5. The molecule has 6 heteroatoms. The second-order valence-electron chi connectivity index (χ2n) is 5.41. The van der Waals surface area contributed by atoms with Crippen molar-refractivity contribution in [2.75, 3.05) is 11.1 Å². The molecule has 1 heterocycles. The molecule has 0 aliphatic heterocycles. The topological polar surface area (TPSA) is 42.0 Å². The highest BCUT2D eigenvalue weighted by atomic mass is 32.2. The summed E-state index contributed by atoms with van der Waals surface area (Å²) in [5.74, 6) is 0.502. The zero-order chi connectivity index (χ0) is 16.9. The fraction of sp³-hybridized carbons (Fsp3) is 0.222. The summed E-state index contributed by atoms with van der Waals surface area (Å²) in [5, 5.41) is 2.83. The van der Waals surface area contributed by atoms with E-state index in [2.05, 4.69) is 16.4 Å². The third kappa shape index (κ3) is 4.33. The van der Waals surface area contributed by atoms with Crippen LogP contribution in [-0.4, -0.2) is 16.6 Å². The Labute approximate surface area is 148 Å². The van der Waals surface area contributed by atoms with Crippen molar-refractivity contribution < 1.29 is 9.18 Å². The van der Waals surface area contributed by atoms with Gasteiger partial charge in [0.05, 0.1) is 10.2 Å². The van der Waals surface area contributed by atoms with Gasteiger partial charge in [-0.15, -0.1) is 11.3 Å². The largest absolute Gasteiger partial charge is 0.326 e. The Morgan fingerprint density at radius 3 is 2.92 bits per heavy atom. The van der Waals surface area contributed by atoms with E-state index >= 15 is 0 Å². The molecule has 0 spiro atoms. The second kappa shape index (κ2) is 7.77. The zero-order valence-electron chi connectivity index (χ0n) is 13.2. The number of rotatable bonds is 6. The molecule has 0 bridgehead atoms. The number of nitrogens with one attached hydrogen (secondary N) is 1. The maximum Gasteiger partial charge on any atom is 0.224 e. The van der Waals surface area contributed by atoms with Crippen LogP contribution in [0.5, 0.6) is 0 Å². The average molecular weight is 360 g/mol. The molecule has 2 aromatic carbocycles. The van der Waals surface area contributed by atoms with Crippen molar-refractivity contribution in [1.82, 2.24) is 4.98 Å². The fourth-order valence-electron chi connectivity index (χ4n) is 2.29. The summed E-state index contributed by atoms with van der Waals surface area (Å²) in [6.07, 6.45) is 1.21. The Morgan fingerprint density at radius 1 is 1.29 bits per heavy atom. The van der Waals surface area contributed by atoms with Gasteiger partial charge in [-0.1, -0.05) is 23.9 Å². The van der Waals surface area contributed by atoms with E-state index in [1.165, 1.54) is 16.8 Å². The van der Waals surface area contributed by atoms with Crippen molar-refractivity contribution in [2.45, 2.75) is 24.1 Å². The Hall–Kier alpha value is -1.92. The number of anilines is 1. The summed E-state index contributed by atoms with van der Waals surface area (Å²) in [5.41, 5.74) is 2.42. The number of aromatic nitrogens is 1. The monoisotopic (exact) mass is 360 g/mol. The minimum atomic E-state index is -0.294. The maximum atomic E-state index is 13.1. The molecule has 0 radical (unpaired) electrons. The first-order valence-electron chi connectivity index (χ1n) is 7.66. The molecule has 0 atom stereocenters. The Morgan fingerprint density at radius 2 is 2.12 bits per heavy atom. The van der Waals surface area contributed by atoms with E-state index in [-0.39, 0.29) is 11.7 Å². The normalized spacial score (nSPS) is 10.9. The molecular weight excluding hydrogens is 343 g/mol. The third-order valence-corrected chi connectivity index (χ3v) is 5.78. The number of para-hydroxylation sites is 1. The van der Waals surface area contributed by atoms with Crippen LogP contribution < -0.4 is 5.32 Å². The molecular formula is C18H17FN2OS2. The maximum absolute atomic E-state index is 13.1. The van der Waals surface area contributed by atoms with E-state index < -0.39 is 0 Å². The van der Waals surface area contributed by atoms with Gasteiger partial charge in [0.2, 0.25) is 5.91 Å². The van der Waals surface area contributed by atoms with Crippen LogP contribution in [0.4, 0.5) is 10.1 Å². The first kappa shape index (κ1) is 16.9. The Kier molecular flexibility index (Phi) is 5.48. The molecule has 0 saturated heterocycles. The van der Waals surface area contributed by atoms with E-state index in [0.29, 0.717) is 12.1 Å². The molecule has 3 rings (SSSR count). The second-order valence-corrected chi connectivity index (χ2v) is 7.78. The standard InChI is InChI=1S/C18H17FN2OS2/c1-12-11-13(19)8-9-14(12)20-17(22)7-4-10-23-18-21-15-5-2-3-6-16(15)24-18/h2-3,5-6,8-9,11H,4,7,10H2,1H3,(H,20,22). The molecule has 0 saturated carbocycles. The molecule has 0 fully saturated rings. The van der Waals surface area contributed by atoms with Crippen LogP contribution in [0.1, 0.15) is 18.4 Å². The molecule has 24 heavy (non-hydrogen) atoms. The van der Waals surface area contributed by atoms with Crippen LogP contribution in [0.3, 0.4) is 0 Å².